The van der Waals surface area contributed by atoms with Crippen LogP contribution in [-0.2, 0) is 0 Å². The molecule has 0 atom stereocenters. The van der Waals surface area contributed by atoms with Crippen LogP contribution < -0.4 is 9.47 Å². The number of allylic oxidation sites excluding steroid dienone is 1. The number of nitrogens with zero attached hydrogens (tertiary/aromatic N) is 2. The zero-order valence-electron chi connectivity index (χ0n) is 16.4. The molecule has 30 heavy (non-hydrogen) atoms. The highest BCUT2D eigenvalue weighted by atomic mass is 16.6. The van der Waals surface area contributed by atoms with Crippen molar-refractivity contribution >= 4 is 17.3 Å². The molecule has 0 heterocycles. The Labute approximate surface area is 174 Å². The Bertz CT molecular complexity index is 1080. The summed E-state index contributed by atoms with van der Waals surface area (Å²) in [5.74, 6) is 1.46. The Hall–Kier alpha value is -4.11. The summed E-state index contributed by atoms with van der Waals surface area (Å²) < 4.78 is 11.4. The van der Waals surface area contributed by atoms with Crippen LogP contribution in [0.4, 0.5) is 5.69 Å². The molecular formula is C24H20N2O4. The largest absolute Gasteiger partial charge is 0.490 e. The van der Waals surface area contributed by atoms with E-state index < -0.39 is 4.92 Å². The van der Waals surface area contributed by atoms with Crippen molar-refractivity contribution in [2.24, 2.45) is 0 Å². The van der Waals surface area contributed by atoms with Crippen molar-refractivity contribution in [2.45, 2.75) is 6.92 Å². The lowest BCUT2D eigenvalue weighted by atomic mass is 10.0. The molecule has 0 aliphatic carbocycles. The molecule has 0 bridgehead atoms. The third kappa shape index (κ3) is 5.69. The van der Waals surface area contributed by atoms with Crippen molar-refractivity contribution in [1.29, 1.82) is 5.26 Å². The Morgan fingerprint density at radius 1 is 1.00 bits per heavy atom. The molecule has 3 aromatic rings. The van der Waals surface area contributed by atoms with Crippen LogP contribution >= 0.6 is 0 Å². The summed E-state index contributed by atoms with van der Waals surface area (Å²) in [5, 5.41) is 20.3. The van der Waals surface area contributed by atoms with Crippen molar-refractivity contribution in [3.8, 4) is 17.6 Å². The monoisotopic (exact) mass is 400 g/mol. The summed E-state index contributed by atoms with van der Waals surface area (Å²) in [6.45, 7) is 2.82. The Balaban J connectivity index is 1.62. The van der Waals surface area contributed by atoms with Crippen LogP contribution in [0.5, 0.6) is 11.5 Å². The van der Waals surface area contributed by atoms with Crippen LogP contribution in [0.25, 0.3) is 11.6 Å². The van der Waals surface area contributed by atoms with Gasteiger partial charge in [-0.3, -0.25) is 10.1 Å². The number of nitro benzene ring substituents is 1. The second-order valence-electron chi connectivity index (χ2n) is 6.56. The number of nitro groups is 1. The topological polar surface area (TPSA) is 85.4 Å². The number of aryl methyl sites for hydroxylation is 1. The maximum absolute atomic E-state index is 10.8. The van der Waals surface area contributed by atoms with Gasteiger partial charge in [0.2, 0.25) is 0 Å². The van der Waals surface area contributed by atoms with Gasteiger partial charge in [-0.25, -0.2) is 0 Å². The van der Waals surface area contributed by atoms with Gasteiger partial charge in [0.05, 0.1) is 16.6 Å². The SMILES string of the molecule is Cc1ccc(OCCOc2cccc(C=C(C#N)c3ccc([N+](=O)[O-])cc3)c2)cc1. The van der Waals surface area contributed by atoms with E-state index in [1.54, 1.807) is 18.2 Å². The smallest absolute Gasteiger partial charge is 0.269 e. The molecule has 6 heteroatoms. The van der Waals surface area contributed by atoms with Crippen molar-refractivity contribution in [3.63, 3.8) is 0 Å². The van der Waals surface area contributed by atoms with Gasteiger partial charge < -0.3 is 9.47 Å². The van der Waals surface area contributed by atoms with E-state index in [0.717, 1.165) is 11.3 Å². The number of rotatable bonds is 8. The van der Waals surface area contributed by atoms with Gasteiger partial charge in [0.25, 0.3) is 5.69 Å². The number of benzene rings is 3. The maximum atomic E-state index is 10.8. The summed E-state index contributed by atoms with van der Waals surface area (Å²) in [6, 6.07) is 23.2. The summed E-state index contributed by atoms with van der Waals surface area (Å²) in [7, 11) is 0. The molecule has 0 aromatic heterocycles. The third-order valence-corrected chi connectivity index (χ3v) is 4.32. The van der Waals surface area contributed by atoms with Gasteiger partial charge in [0.15, 0.2) is 0 Å². The minimum atomic E-state index is -0.469. The average Bonchev–Trinajstić information content (AvgIpc) is 2.76. The molecule has 0 saturated carbocycles. The van der Waals surface area contributed by atoms with E-state index in [4.69, 9.17) is 9.47 Å². The molecule has 0 aliphatic heterocycles. The number of hydrogen-bond acceptors (Lipinski definition) is 5. The fraction of sp³-hybridized carbons (Fsp3) is 0.125. The minimum absolute atomic E-state index is 0.0145. The molecule has 3 rings (SSSR count). The normalized spacial score (nSPS) is 10.9. The van der Waals surface area contributed by atoms with Crippen molar-refractivity contribution in [3.05, 3.63) is 99.6 Å². The second kappa shape index (κ2) is 9.89. The van der Waals surface area contributed by atoms with Crippen molar-refractivity contribution in [1.82, 2.24) is 0 Å². The van der Waals surface area contributed by atoms with E-state index in [9.17, 15) is 15.4 Å². The van der Waals surface area contributed by atoms with Crippen LogP contribution in [0, 0.1) is 28.4 Å². The van der Waals surface area contributed by atoms with Crippen LogP contribution in [0.1, 0.15) is 16.7 Å². The number of nitriles is 1. The lowest BCUT2D eigenvalue weighted by Crippen LogP contribution is -2.08. The van der Waals surface area contributed by atoms with Gasteiger partial charge >= 0.3 is 0 Å². The molecular weight excluding hydrogens is 380 g/mol. The van der Waals surface area contributed by atoms with Gasteiger partial charge in [-0.1, -0.05) is 29.8 Å². The summed E-state index contributed by atoms with van der Waals surface area (Å²) in [6.07, 6.45) is 1.72. The predicted molar refractivity (Wildman–Crippen MR) is 115 cm³/mol. The molecule has 3 aromatic carbocycles. The maximum Gasteiger partial charge on any atom is 0.269 e. The van der Waals surface area contributed by atoms with Gasteiger partial charge in [-0.15, -0.1) is 0 Å². The van der Waals surface area contributed by atoms with Crippen molar-refractivity contribution < 1.29 is 14.4 Å². The fourth-order valence-corrected chi connectivity index (χ4v) is 2.76. The molecule has 0 saturated heterocycles. The van der Waals surface area contributed by atoms with E-state index in [2.05, 4.69) is 6.07 Å². The first kappa shape index (κ1) is 20.6. The van der Waals surface area contributed by atoms with Gasteiger partial charge in [0, 0.05) is 12.1 Å². The number of ether oxygens (including phenoxy) is 2. The lowest BCUT2D eigenvalue weighted by molar-refractivity contribution is -0.384. The van der Waals surface area contributed by atoms with Gasteiger partial charge in [-0.05, 0) is 60.5 Å². The molecule has 0 unspecified atom stereocenters. The summed E-state index contributed by atoms with van der Waals surface area (Å²) in [5.41, 5.74) is 2.97. The van der Waals surface area contributed by atoms with Crippen LogP contribution in [-0.4, -0.2) is 18.1 Å². The quantitative estimate of drug-likeness (QED) is 0.166. The van der Waals surface area contributed by atoms with E-state index in [1.165, 1.54) is 17.7 Å². The van der Waals surface area contributed by atoms with E-state index in [1.807, 2.05) is 55.5 Å². The minimum Gasteiger partial charge on any atom is -0.490 e. The highest BCUT2D eigenvalue weighted by molar-refractivity contribution is 5.89. The zero-order chi connectivity index (χ0) is 21.3. The first-order valence-electron chi connectivity index (χ1n) is 9.34. The van der Waals surface area contributed by atoms with E-state index >= 15 is 0 Å². The number of non-ortho nitro benzene ring substituents is 1. The lowest BCUT2D eigenvalue weighted by Gasteiger charge is -2.09. The Morgan fingerprint density at radius 3 is 2.30 bits per heavy atom. The molecule has 0 aliphatic rings. The van der Waals surface area contributed by atoms with Crippen LogP contribution in [0.15, 0.2) is 72.8 Å². The first-order valence-corrected chi connectivity index (χ1v) is 9.34. The van der Waals surface area contributed by atoms with Gasteiger partial charge in [-0.2, -0.15) is 5.26 Å². The standard InChI is InChI=1S/C24H20N2O4/c1-18-5-11-23(12-6-18)29-13-14-30-24-4-2-3-19(16-24)15-21(17-25)20-7-9-22(10-8-20)26(27)28/h2-12,15-16H,13-14H2,1H3. The average molecular weight is 400 g/mol. The molecule has 0 amide bonds. The highest BCUT2D eigenvalue weighted by Crippen LogP contribution is 2.22. The Kier molecular flexibility index (Phi) is 6.80. The van der Waals surface area contributed by atoms with Crippen LogP contribution in [0.2, 0.25) is 0 Å². The molecule has 6 nitrogen and oxygen atoms in total. The van der Waals surface area contributed by atoms with Crippen LogP contribution in [0.3, 0.4) is 0 Å². The second-order valence-corrected chi connectivity index (χ2v) is 6.56. The van der Waals surface area contributed by atoms with Gasteiger partial charge in [0.1, 0.15) is 24.7 Å². The predicted octanol–water partition coefficient (Wildman–Crippen LogP) is 5.43. The Morgan fingerprint density at radius 2 is 1.67 bits per heavy atom. The summed E-state index contributed by atoms with van der Waals surface area (Å²) >= 11 is 0. The van der Waals surface area contributed by atoms with E-state index in [-0.39, 0.29) is 5.69 Å². The summed E-state index contributed by atoms with van der Waals surface area (Å²) in [4.78, 5) is 10.3. The fourth-order valence-electron chi connectivity index (χ4n) is 2.76. The third-order valence-electron chi connectivity index (χ3n) is 4.32. The molecule has 0 spiro atoms. The molecule has 0 N–H and O–H groups in total. The molecule has 0 radical (unpaired) electrons. The zero-order valence-corrected chi connectivity index (χ0v) is 16.4. The number of hydrogen-bond donors (Lipinski definition) is 0. The highest BCUT2D eigenvalue weighted by Gasteiger charge is 2.07. The van der Waals surface area contributed by atoms with E-state index in [0.29, 0.717) is 30.1 Å². The first-order chi connectivity index (χ1) is 14.5. The molecule has 150 valence electrons. The molecule has 0 fully saturated rings. The van der Waals surface area contributed by atoms with Crippen molar-refractivity contribution in [2.75, 3.05) is 13.2 Å².